The standard InChI is InChI=1S/C27H27N5O8S/c1-38-27(8-11-39-12-9-27)16-31-21-6-5-19(14-22(21)32(34)35)41(36,37)23-4-2-3-20(25(28)33)24(23)40-18-13-17-7-10-29-26(17)30-15-18/h2-7,10,13-15,31H,8-9,11-12,16H2,1H3,(H2,28,33)(H,29,30). The molecular formula is C27H27N5O8S. The number of nitrogens with two attached hydrogens (primary N) is 1. The van der Waals surface area contributed by atoms with Crippen LogP contribution in [0.1, 0.15) is 23.2 Å². The fourth-order valence-electron chi connectivity index (χ4n) is 4.68. The summed E-state index contributed by atoms with van der Waals surface area (Å²) < 4.78 is 44.7. The molecule has 0 unspecified atom stereocenters. The molecule has 0 spiro atoms. The molecule has 0 saturated carbocycles. The molecule has 1 saturated heterocycles. The van der Waals surface area contributed by atoms with Crippen LogP contribution in [-0.4, -0.2) is 61.7 Å². The van der Waals surface area contributed by atoms with Crippen LogP contribution in [0.15, 0.2) is 70.7 Å². The monoisotopic (exact) mass is 581 g/mol. The number of anilines is 1. The number of hydrogen-bond acceptors (Lipinski definition) is 10. The molecule has 2 aromatic heterocycles. The quantitative estimate of drug-likeness (QED) is 0.183. The summed E-state index contributed by atoms with van der Waals surface area (Å²) in [5.41, 5.74) is 5.06. The van der Waals surface area contributed by atoms with Gasteiger partial charge in [-0.3, -0.25) is 14.9 Å². The lowest BCUT2D eigenvalue weighted by molar-refractivity contribution is -0.384. The molecule has 4 N–H and O–H groups in total. The highest BCUT2D eigenvalue weighted by Crippen LogP contribution is 2.38. The van der Waals surface area contributed by atoms with Crippen LogP contribution in [0, 0.1) is 10.1 Å². The number of pyridine rings is 1. The number of fused-ring (bicyclic) bond motifs is 1. The van der Waals surface area contributed by atoms with E-state index < -0.39 is 36.9 Å². The minimum absolute atomic E-state index is 0.130. The van der Waals surface area contributed by atoms with Crippen molar-refractivity contribution in [3.8, 4) is 11.5 Å². The van der Waals surface area contributed by atoms with E-state index in [1.54, 1.807) is 25.4 Å². The molecule has 0 atom stereocenters. The maximum atomic E-state index is 13.8. The van der Waals surface area contributed by atoms with Crippen LogP contribution in [0.25, 0.3) is 11.0 Å². The van der Waals surface area contributed by atoms with E-state index in [0.29, 0.717) is 37.1 Å². The fourth-order valence-corrected chi connectivity index (χ4v) is 6.10. The average molecular weight is 582 g/mol. The van der Waals surface area contributed by atoms with Gasteiger partial charge in [-0.1, -0.05) is 6.07 Å². The van der Waals surface area contributed by atoms with Gasteiger partial charge in [0.1, 0.15) is 22.0 Å². The van der Waals surface area contributed by atoms with Gasteiger partial charge < -0.3 is 30.2 Å². The summed E-state index contributed by atoms with van der Waals surface area (Å²) in [4.78, 5) is 30.0. The Labute approximate surface area is 234 Å². The topological polar surface area (TPSA) is 189 Å². The van der Waals surface area contributed by atoms with Crippen LogP contribution in [0.5, 0.6) is 11.5 Å². The lowest BCUT2D eigenvalue weighted by Gasteiger charge is -2.36. The second-order valence-corrected chi connectivity index (χ2v) is 11.4. The van der Waals surface area contributed by atoms with Gasteiger partial charge in [0.05, 0.1) is 27.2 Å². The summed E-state index contributed by atoms with van der Waals surface area (Å²) in [5.74, 6) is -1.07. The number of para-hydroxylation sites is 1. The van der Waals surface area contributed by atoms with Crippen LogP contribution in [0.3, 0.4) is 0 Å². The Bertz CT molecular complexity index is 1730. The molecular weight excluding hydrogens is 554 g/mol. The SMILES string of the molecule is COC1(CNc2ccc(S(=O)(=O)c3cccc(C(N)=O)c3Oc3cnc4[nH]ccc4c3)cc2[N+](=O)[O-])CCOCC1. The molecule has 1 aliphatic heterocycles. The first-order chi connectivity index (χ1) is 19.6. The fraction of sp³-hybridized carbons (Fsp3) is 0.259. The smallest absolute Gasteiger partial charge is 0.293 e. The number of rotatable bonds is 10. The lowest BCUT2D eigenvalue weighted by Crippen LogP contribution is -2.44. The van der Waals surface area contributed by atoms with Crippen LogP contribution < -0.4 is 15.8 Å². The van der Waals surface area contributed by atoms with E-state index >= 15 is 0 Å². The number of nitro groups is 1. The second kappa shape index (κ2) is 11.2. The van der Waals surface area contributed by atoms with Gasteiger partial charge in [0.2, 0.25) is 9.84 Å². The minimum Gasteiger partial charge on any atom is -0.453 e. The van der Waals surface area contributed by atoms with Gasteiger partial charge in [-0.25, -0.2) is 13.4 Å². The molecule has 214 valence electrons. The number of amides is 1. The first-order valence-electron chi connectivity index (χ1n) is 12.6. The van der Waals surface area contributed by atoms with E-state index in [4.69, 9.17) is 19.9 Å². The highest BCUT2D eigenvalue weighted by molar-refractivity contribution is 7.91. The lowest BCUT2D eigenvalue weighted by atomic mass is 9.94. The number of nitrogens with zero attached hydrogens (tertiary/aromatic N) is 2. The van der Waals surface area contributed by atoms with Gasteiger partial charge >= 0.3 is 0 Å². The van der Waals surface area contributed by atoms with Gasteiger partial charge in [0, 0.05) is 57.4 Å². The second-order valence-electron chi connectivity index (χ2n) is 9.48. The number of benzene rings is 2. The number of H-pyrrole nitrogens is 1. The molecule has 0 radical (unpaired) electrons. The molecule has 14 heteroatoms. The van der Waals surface area contributed by atoms with Crippen molar-refractivity contribution in [2.75, 3.05) is 32.2 Å². The molecule has 3 heterocycles. The molecule has 1 aliphatic rings. The van der Waals surface area contributed by atoms with E-state index in [2.05, 4.69) is 15.3 Å². The van der Waals surface area contributed by atoms with Crippen molar-refractivity contribution in [3.05, 3.63) is 76.6 Å². The Morgan fingerprint density at radius 3 is 2.71 bits per heavy atom. The molecule has 2 aromatic carbocycles. The number of primary amides is 1. The minimum atomic E-state index is -4.44. The Balaban J connectivity index is 1.52. The number of nitro benzene ring substituents is 1. The summed E-state index contributed by atoms with van der Waals surface area (Å²) in [6, 6.07) is 10.8. The van der Waals surface area contributed by atoms with E-state index in [0.717, 1.165) is 6.07 Å². The first kappa shape index (κ1) is 28.0. The highest BCUT2D eigenvalue weighted by atomic mass is 32.2. The van der Waals surface area contributed by atoms with Crippen LogP contribution in [0.2, 0.25) is 0 Å². The number of ether oxygens (including phenoxy) is 3. The van der Waals surface area contributed by atoms with E-state index in [-0.39, 0.29) is 34.2 Å². The molecule has 41 heavy (non-hydrogen) atoms. The summed E-state index contributed by atoms with van der Waals surface area (Å²) in [6.45, 7) is 1.26. The van der Waals surface area contributed by atoms with Gasteiger partial charge in [0.25, 0.3) is 11.6 Å². The summed E-state index contributed by atoms with van der Waals surface area (Å²) in [7, 11) is -2.86. The molecule has 0 aliphatic carbocycles. The highest BCUT2D eigenvalue weighted by Gasteiger charge is 2.34. The zero-order valence-corrected chi connectivity index (χ0v) is 22.8. The van der Waals surface area contributed by atoms with Crippen molar-refractivity contribution < 1.29 is 32.3 Å². The molecule has 1 amide bonds. The predicted octanol–water partition coefficient (Wildman–Crippen LogP) is 3.80. The number of sulfone groups is 1. The number of aromatic amines is 1. The molecule has 4 aromatic rings. The number of methoxy groups -OCH3 is 1. The van der Waals surface area contributed by atoms with Crippen molar-refractivity contribution in [2.45, 2.75) is 28.2 Å². The summed E-state index contributed by atoms with van der Waals surface area (Å²) in [6.07, 6.45) is 4.24. The number of nitrogens with one attached hydrogen (secondary N) is 2. The molecule has 5 rings (SSSR count). The Morgan fingerprint density at radius 1 is 1.22 bits per heavy atom. The predicted molar refractivity (Wildman–Crippen MR) is 148 cm³/mol. The molecule has 0 bridgehead atoms. The van der Waals surface area contributed by atoms with Gasteiger partial charge in [-0.05, 0) is 36.4 Å². The maximum Gasteiger partial charge on any atom is 0.293 e. The van der Waals surface area contributed by atoms with Crippen molar-refractivity contribution in [2.24, 2.45) is 5.73 Å². The van der Waals surface area contributed by atoms with Crippen LogP contribution >= 0.6 is 0 Å². The van der Waals surface area contributed by atoms with E-state index in [1.165, 1.54) is 36.5 Å². The van der Waals surface area contributed by atoms with E-state index in [1.807, 2.05) is 0 Å². The maximum absolute atomic E-state index is 13.8. The summed E-state index contributed by atoms with van der Waals surface area (Å²) >= 11 is 0. The van der Waals surface area contributed by atoms with Crippen LogP contribution in [0.4, 0.5) is 11.4 Å². The zero-order valence-electron chi connectivity index (χ0n) is 22.0. The Morgan fingerprint density at radius 2 is 2.00 bits per heavy atom. The molecule has 13 nitrogen and oxygen atoms in total. The first-order valence-corrected chi connectivity index (χ1v) is 14.1. The number of aromatic nitrogens is 2. The normalized spacial score (nSPS) is 15.0. The third-order valence-corrected chi connectivity index (χ3v) is 8.82. The van der Waals surface area contributed by atoms with Gasteiger partial charge in [0.15, 0.2) is 5.75 Å². The summed E-state index contributed by atoms with van der Waals surface area (Å²) in [5, 5.41) is 15.7. The Kier molecular flexibility index (Phi) is 7.62. The van der Waals surface area contributed by atoms with Crippen molar-refractivity contribution >= 4 is 38.2 Å². The van der Waals surface area contributed by atoms with Crippen molar-refractivity contribution in [1.82, 2.24) is 9.97 Å². The van der Waals surface area contributed by atoms with Crippen molar-refractivity contribution in [3.63, 3.8) is 0 Å². The third-order valence-electron chi connectivity index (χ3n) is 7.04. The number of hydrogen-bond donors (Lipinski definition) is 3. The largest absolute Gasteiger partial charge is 0.453 e. The van der Waals surface area contributed by atoms with Gasteiger partial charge in [-0.2, -0.15) is 0 Å². The van der Waals surface area contributed by atoms with Crippen molar-refractivity contribution in [1.29, 1.82) is 0 Å². The van der Waals surface area contributed by atoms with Gasteiger partial charge in [-0.15, -0.1) is 0 Å². The zero-order chi connectivity index (χ0) is 29.2. The average Bonchev–Trinajstić information content (AvgIpc) is 3.44. The number of carbonyl (C=O) groups excluding carboxylic acids is 1. The van der Waals surface area contributed by atoms with E-state index in [9.17, 15) is 23.3 Å². The molecule has 1 fully saturated rings. The Hall–Kier alpha value is -4.53. The van der Waals surface area contributed by atoms with Crippen LogP contribution in [-0.2, 0) is 19.3 Å². The number of carbonyl (C=O) groups is 1. The third kappa shape index (κ3) is 5.57.